The Balaban J connectivity index is 2.54. The van der Waals surface area contributed by atoms with Crippen LogP contribution in [0.1, 0.15) is 15.2 Å². The molecule has 0 amide bonds. The molecule has 0 aliphatic carbocycles. The highest BCUT2D eigenvalue weighted by Crippen LogP contribution is 2.30. The number of aldehydes is 1. The van der Waals surface area contributed by atoms with Gasteiger partial charge in [-0.3, -0.25) is 4.79 Å². The quantitative estimate of drug-likeness (QED) is 0.744. The van der Waals surface area contributed by atoms with Crippen molar-refractivity contribution in [1.29, 1.82) is 5.26 Å². The number of carbonyl (C=O) groups excluding carboxylic acids is 1. The average molecular weight is 231 g/mol. The summed E-state index contributed by atoms with van der Waals surface area (Å²) in [7, 11) is 0. The molecule has 16 heavy (non-hydrogen) atoms. The maximum atomic E-state index is 13.5. The molecule has 0 radical (unpaired) electrons. The molecule has 0 saturated carbocycles. The zero-order valence-electron chi connectivity index (χ0n) is 8.11. The van der Waals surface area contributed by atoms with E-state index in [0.717, 1.165) is 0 Å². The zero-order valence-corrected chi connectivity index (χ0v) is 8.92. The van der Waals surface area contributed by atoms with Gasteiger partial charge in [-0.05, 0) is 30.3 Å². The maximum Gasteiger partial charge on any atom is 0.150 e. The van der Waals surface area contributed by atoms with Gasteiger partial charge in [0, 0.05) is 16.0 Å². The minimum atomic E-state index is -0.392. The Bertz CT molecular complexity index is 583. The van der Waals surface area contributed by atoms with Gasteiger partial charge in [0.1, 0.15) is 23.0 Å². The van der Waals surface area contributed by atoms with E-state index in [2.05, 4.69) is 0 Å². The molecule has 0 saturated heterocycles. The molecule has 1 heterocycles. The van der Waals surface area contributed by atoms with Crippen molar-refractivity contribution in [3.05, 3.63) is 46.6 Å². The van der Waals surface area contributed by atoms with Gasteiger partial charge in [0.05, 0.1) is 0 Å². The van der Waals surface area contributed by atoms with Crippen molar-refractivity contribution in [2.24, 2.45) is 0 Å². The second-order valence-corrected chi connectivity index (χ2v) is 4.22. The van der Waals surface area contributed by atoms with E-state index in [1.807, 2.05) is 6.07 Å². The van der Waals surface area contributed by atoms with Gasteiger partial charge >= 0.3 is 0 Å². The molecule has 0 aliphatic heterocycles. The molecular formula is C12H6FNOS. The Kier molecular flexibility index (Phi) is 2.80. The van der Waals surface area contributed by atoms with Crippen molar-refractivity contribution in [3.8, 4) is 16.5 Å². The summed E-state index contributed by atoms with van der Waals surface area (Å²) >= 11 is 1.20. The van der Waals surface area contributed by atoms with Gasteiger partial charge in [-0.15, -0.1) is 11.3 Å². The molecule has 0 fully saturated rings. The summed E-state index contributed by atoms with van der Waals surface area (Å²) in [6.45, 7) is 0. The standard InChI is InChI=1S/C12H6FNOS/c13-11-3-1-8(7-15)5-10(11)12-4-2-9(6-14)16-12/h1-5,7H. The Morgan fingerprint density at radius 3 is 2.75 bits per heavy atom. The summed E-state index contributed by atoms with van der Waals surface area (Å²) in [5.41, 5.74) is 0.777. The second-order valence-electron chi connectivity index (χ2n) is 3.13. The topological polar surface area (TPSA) is 40.9 Å². The number of nitriles is 1. The SMILES string of the molecule is N#Cc1ccc(-c2cc(C=O)ccc2F)s1. The Hall–Kier alpha value is -1.99. The normalized spacial score (nSPS) is 9.75. The monoisotopic (exact) mass is 231 g/mol. The molecule has 2 nitrogen and oxygen atoms in total. The lowest BCUT2D eigenvalue weighted by molar-refractivity contribution is 0.112. The van der Waals surface area contributed by atoms with Crippen LogP contribution in [0.5, 0.6) is 0 Å². The second kappa shape index (κ2) is 4.25. The van der Waals surface area contributed by atoms with Crippen LogP contribution in [-0.4, -0.2) is 6.29 Å². The van der Waals surface area contributed by atoms with Crippen molar-refractivity contribution in [2.45, 2.75) is 0 Å². The van der Waals surface area contributed by atoms with Crippen molar-refractivity contribution in [2.75, 3.05) is 0 Å². The number of benzene rings is 1. The van der Waals surface area contributed by atoms with E-state index < -0.39 is 5.82 Å². The predicted octanol–water partition coefficient (Wildman–Crippen LogP) is 3.24. The first kappa shape index (κ1) is 10.5. The van der Waals surface area contributed by atoms with Crippen LogP contribution in [0.4, 0.5) is 4.39 Å². The molecule has 0 spiro atoms. The third-order valence-corrected chi connectivity index (χ3v) is 3.13. The Morgan fingerprint density at radius 1 is 1.31 bits per heavy atom. The molecule has 2 aromatic rings. The maximum absolute atomic E-state index is 13.5. The summed E-state index contributed by atoms with van der Waals surface area (Å²) in [5, 5.41) is 8.68. The number of rotatable bonds is 2. The minimum Gasteiger partial charge on any atom is -0.298 e. The first-order valence-corrected chi connectivity index (χ1v) is 5.31. The van der Waals surface area contributed by atoms with Gasteiger partial charge in [-0.2, -0.15) is 5.26 Å². The largest absolute Gasteiger partial charge is 0.298 e. The van der Waals surface area contributed by atoms with Crippen LogP contribution in [0.15, 0.2) is 30.3 Å². The number of halogens is 1. The molecule has 78 valence electrons. The smallest absolute Gasteiger partial charge is 0.150 e. The van der Waals surface area contributed by atoms with E-state index in [4.69, 9.17) is 5.26 Å². The van der Waals surface area contributed by atoms with E-state index in [9.17, 15) is 9.18 Å². The van der Waals surface area contributed by atoms with E-state index in [1.54, 1.807) is 12.1 Å². The fourth-order valence-corrected chi connectivity index (χ4v) is 2.17. The van der Waals surface area contributed by atoms with Gasteiger partial charge in [-0.1, -0.05) is 0 Å². The van der Waals surface area contributed by atoms with Crippen LogP contribution < -0.4 is 0 Å². The van der Waals surface area contributed by atoms with E-state index in [-0.39, 0.29) is 0 Å². The van der Waals surface area contributed by atoms with Crippen LogP contribution in [0.2, 0.25) is 0 Å². The van der Waals surface area contributed by atoms with Crippen LogP contribution >= 0.6 is 11.3 Å². The number of hydrogen-bond acceptors (Lipinski definition) is 3. The van der Waals surface area contributed by atoms with Crippen LogP contribution in [0.3, 0.4) is 0 Å². The van der Waals surface area contributed by atoms with Crippen LogP contribution in [0.25, 0.3) is 10.4 Å². The molecule has 1 aromatic heterocycles. The molecular weight excluding hydrogens is 225 g/mol. The summed E-state index contributed by atoms with van der Waals surface area (Å²) in [6.07, 6.45) is 0.668. The number of thiophene rings is 1. The lowest BCUT2D eigenvalue weighted by Crippen LogP contribution is -1.85. The van der Waals surface area contributed by atoms with Crippen molar-refractivity contribution in [3.63, 3.8) is 0 Å². The third kappa shape index (κ3) is 1.86. The highest BCUT2D eigenvalue weighted by Gasteiger charge is 2.08. The third-order valence-electron chi connectivity index (χ3n) is 2.11. The molecule has 0 bridgehead atoms. The van der Waals surface area contributed by atoms with Crippen molar-refractivity contribution in [1.82, 2.24) is 0 Å². The highest BCUT2D eigenvalue weighted by atomic mass is 32.1. The fraction of sp³-hybridized carbons (Fsp3) is 0. The molecule has 2 rings (SSSR count). The first-order valence-electron chi connectivity index (χ1n) is 4.49. The first-order chi connectivity index (χ1) is 7.74. The minimum absolute atomic E-state index is 0.358. The fourth-order valence-electron chi connectivity index (χ4n) is 1.35. The van der Waals surface area contributed by atoms with Crippen LogP contribution in [-0.2, 0) is 0 Å². The van der Waals surface area contributed by atoms with Gasteiger partial charge < -0.3 is 0 Å². The predicted molar refractivity (Wildman–Crippen MR) is 59.8 cm³/mol. The van der Waals surface area contributed by atoms with Gasteiger partial charge in [0.25, 0.3) is 0 Å². The Labute approximate surface area is 95.6 Å². The summed E-state index contributed by atoms with van der Waals surface area (Å²) < 4.78 is 13.5. The van der Waals surface area contributed by atoms with Gasteiger partial charge in [-0.25, -0.2) is 4.39 Å². The summed E-state index contributed by atoms with van der Waals surface area (Å²) in [6, 6.07) is 9.46. The molecule has 0 aliphatic rings. The number of nitrogens with zero attached hydrogens (tertiary/aromatic N) is 1. The van der Waals surface area contributed by atoms with E-state index in [1.165, 1.54) is 29.5 Å². The lowest BCUT2D eigenvalue weighted by Gasteiger charge is -2.00. The van der Waals surface area contributed by atoms with Crippen molar-refractivity contribution < 1.29 is 9.18 Å². The van der Waals surface area contributed by atoms with Crippen molar-refractivity contribution >= 4 is 17.6 Å². The number of carbonyl (C=O) groups is 1. The number of hydrogen-bond donors (Lipinski definition) is 0. The highest BCUT2D eigenvalue weighted by molar-refractivity contribution is 7.16. The molecule has 1 aromatic carbocycles. The van der Waals surface area contributed by atoms with E-state index >= 15 is 0 Å². The van der Waals surface area contributed by atoms with Gasteiger partial charge in [0.15, 0.2) is 0 Å². The molecule has 0 unspecified atom stereocenters. The molecule has 4 heteroatoms. The Morgan fingerprint density at radius 2 is 2.12 bits per heavy atom. The average Bonchev–Trinajstić information content (AvgIpc) is 2.78. The van der Waals surface area contributed by atoms with Gasteiger partial charge in [0.2, 0.25) is 0 Å². The lowest BCUT2D eigenvalue weighted by atomic mass is 10.1. The van der Waals surface area contributed by atoms with Crippen LogP contribution in [0, 0.1) is 17.1 Å². The van der Waals surface area contributed by atoms with E-state index in [0.29, 0.717) is 27.2 Å². The summed E-state index contributed by atoms with van der Waals surface area (Å²) in [5.74, 6) is -0.392. The zero-order chi connectivity index (χ0) is 11.5. The molecule has 0 atom stereocenters. The summed E-state index contributed by atoms with van der Waals surface area (Å²) in [4.78, 5) is 11.8. The molecule has 0 N–H and O–H groups in total.